The molecule has 5 heteroatoms. The van der Waals surface area contributed by atoms with Gasteiger partial charge in [-0.1, -0.05) is 19.4 Å². The highest BCUT2D eigenvalue weighted by Crippen LogP contribution is 2.28. The smallest absolute Gasteiger partial charge is 0.242 e. The number of rotatable bonds is 4. The van der Waals surface area contributed by atoms with Gasteiger partial charge < -0.3 is 5.73 Å². The lowest BCUT2D eigenvalue weighted by molar-refractivity contribution is 0.306. The van der Waals surface area contributed by atoms with Gasteiger partial charge in [-0.3, -0.25) is 0 Å². The number of nitrogen functional groups attached to an aromatic ring is 1. The van der Waals surface area contributed by atoms with Crippen molar-refractivity contribution in [3.05, 3.63) is 23.8 Å². The van der Waals surface area contributed by atoms with Crippen LogP contribution in [0.3, 0.4) is 0 Å². The Morgan fingerprint density at radius 1 is 1.25 bits per heavy atom. The molecule has 2 rings (SSSR count). The van der Waals surface area contributed by atoms with Crippen molar-refractivity contribution >= 4 is 15.7 Å². The van der Waals surface area contributed by atoms with E-state index >= 15 is 0 Å². The Bertz CT molecular complexity index is 561. The number of sulfonamides is 1. The average Bonchev–Trinajstić information content (AvgIpc) is 2.38. The van der Waals surface area contributed by atoms with Gasteiger partial charge in [-0.2, -0.15) is 0 Å². The highest BCUT2D eigenvalue weighted by atomic mass is 32.2. The summed E-state index contributed by atoms with van der Waals surface area (Å²) in [5.74, 6) is 0.750. The summed E-state index contributed by atoms with van der Waals surface area (Å²) < 4.78 is 27.6. The van der Waals surface area contributed by atoms with Gasteiger partial charge in [0.2, 0.25) is 10.0 Å². The van der Waals surface area contributed by atoms with Crippen molar-refractivity contribution in [3.63, 3.8) is 0 Å². The molecule has 0 atom stereocenters. The van der Waals surface area contributed by atoms with Crippen LogP contribution in [0.1, 0.15) is 44.6 Å². The van der Waals surface area contributed by atoms with E-state index in [0.717, 1.165) is 37.2 Å². The van der Waals surface area contributed by atoms with Gasteiger partial charge >= 0.3 is 0 Å². The molecule has 0 heterocycles. The first-order valence-corrected chi connectivity index (χ1v) is 8.79. The first kappa shape index (κ1) is 15.3. The Hall–Kier alpha value is -1.07. The van der Waals surface area contributed by atoms with Crippen LogP contribution in [0.25, 0.3) is 0 Å². The summed E-state index contributed by atoms with van der Waals surface area (Å²) in [6.45, 7) is 4.09. The molecule has 1 aliphatic carbocycles. The summed E-state index contributed by atoms with van der Waals surface area (Å²) >= 11 is 0. The topological polar surface area (TPSA) is 72.2 Å². The maximum Gasteiger partial charge on any atom is 0.242 e. The van der Waals surface area contributed by atoms with E-state index in [1.165, 1.54) is 6.42 Å². The maximum absolute atomic E-state index is 12.4. The van der Waals surface area contributed by atoms with E-state index in [-0.39, 0.29) is 10.9 Å². The Balaban J connectivity index is 2.08. The van der Waals surface area contributed by atoms with E-state index in [2.05, 4.69) is 11.6 Å². The summed E-state index contributed by atoms with van der Waals surface area (Å²) in [7, 11) is -3.51. The monoisotopic (exact) mass is 296 g/mol. The first-order chi connectivity index (χ1) is 9.42. The minimum atomic E-state index is -3.51. The van der Waals surface area contributed by atoms with Gasteiger partial charge in [0.1, 0.15) is 4.90 Å². The van der Waals surface area contributed by atoms with Crippen LogP contribution in [0.2, 0.25) is 0 Å². The zero-order valence-electron chi connectivity index (χ0n) is 12.2. The number of hydrogen-bond donors (Lipinski definition) is 2. The summed E-state index contributed by atoms with van der Waals surface area (Å²) in [6, 6.07) is 5.11. The van der Waals surface area contributed by atoms with E-state index in [4.69, 9.17) is 5.73 Å². The van der Waals surface area contributed by atoms with Gasteiger partial charge in [0, 0.05) is 6.04 Å². The van der Waals surface area contributed by atoms with E-state index in [0.29, 0.717) is 5.69 Å². The molecule has 0 saturated heterocycles. The third-order valence-corrected chi connectivity index (χ3v) is 5.80. The summed E-state index contributed by atoms with van der Waals surface area (Å²) in [6.07, 6.45) is 5.23. The summed E-state index contributed by atoms with van der Waals surface area (Å²) in [4.78, 5) is 0.195. The minimum Gasteiger partial charge on any atom is -0.398 e. The molecular formula is C15H24N2O2S. The Morgan fingerprint density at radius 3 is 2.45 bits per heavy atom. The fraction of sp³-hybridized carbons (Fsp3) is 0.600. The molecule has 1 aromatic rings. The van der Waals surface area contributed by atoms with Crippen LogP contribution in [0.4, 0.5) is 5.69 Å². The number of nitrogens with one attached hydrogen (secondary N) is 1. The van der Waals surface area contributed by atoms with E-state index in [1.54, 1.807) is 18.2 Å². The van der Waals surface area contributed by atoms with Gasteiger partial charge in [0.25, 0.3) is 0 Å². The van der Waals surface area contributed by atoms with Crippen molar-refractivity contribution in [2.45, 2.75) is 56.9 Å². The molecule has 1 aliphatic rings. The molecule has 0 amide bonds. The predicted molar refractivity (Wildman–Crippen MR) is 81.9 cm³/mol. The van der Waals surface area contributed by atoms with Crippen LogP contribution in [-0.2, 0) is 10.0 Å². The van der Waals surface area contributed by atoms with Gasteiger partial charge in [-0.15, -0.1) is 0 Å². The zero-order valence-corrected chi connectivity index (χ0v) is 13.0. The van der Waals surface area contributed by atoms with E-state index in [9.17, 15) is 8.42 Å². The minimum absolute atomic E-state index is 0.0449. The van der Waals surface area contributed by atoms with Crippen LogP contribution in [0.15, 0.2) is 23.1 Å². The molecule has 0 aliphatic heterocycles. The predicted octanol–water partition coefficient (Wildman–Crippen LogP) is 2.82. The highest BCUT2D eigenvalue weighted by Gasteiger charge is 2.26. The number of aryl methyl sites for hydroxylation is 1. The lowest BCUT2D eigenvalue weighted by atomic mass is 9.85. The van der Waals surface area contributed by atoms with Crippen molar-refractivity contribution in [1.29, 1.82) is 0 Å². The quantitative estimate of drug-likeness (QED) is 0.839. The number of anilines is 1. The Morgan fingerprint density at radius 2 is 1.90 bits per heavy atom. The molecule has 0 unspecified atom stereocenters. The standard InChI is InChI=1S/C15H24N2O2S/c1-3-12-5-7-13(8-6-12)17-20(18,19)15-9-4-11(2)10-14(15)16/h4,9-10,12-13,17H,3,5-8,16H2,1-2H3. The largest absolute Gasteiger partial charge is 0.398 e. The van der Waals surface area contributed by atoms with Crippen molar-refractivity contribution < 1.29 is 8.42 Å². The van der Waals surface area contributed by atoms with Crippen molar-refractivity contribution in [1.82, 2.24) is 4.72 Å². The molecule has 3 N–H and O–H groups in total. The van der Waals surface area contributed by atoms with Gasteiger partial charge in [-0.05, 0) is 56.2 Å². The zero-order chi connectivity index (χ0) is 14.8. The molecule has 1 aromatic carbocycles. The average molecular weight is 296 g/mol. The second-order valence-corrected chi connectivity index (χ2v) is 7.47. The summed E-state index contributed by atoms with van der Waals surface area (Å²) in [5, 5.41) is 0. The van der Waals surface area contributed by atoms with Crippen LogP contribution < -0.4 is 10.5 Å². The molecule has 112 valence electrons. The third-order valence-electron chi connectivity index (χ3n) is 4.20. The van der Waals surface area contributed by atoms with Crippen LogP contribution >= 0.6 is 0 Å². The van der Waals surface area contributed by atoms with Crippen LogP contribution in [0.5, 0.6) is 0 Å². The lowest BCUT2D eigenvalue weighted by Crippen LogP contribution is -2.37. The summed E-state index contributed by atoms with van der Waals surface area (Å²) in [5.41, 5.74) is 7.12. The lowest BCUT2D eigenvalue weighted by Gasteiger charge is -2.28. The number of hydrogen-bond acceptors (Lipinski definition) is 3. The SMILES string of the molecule is CCC1CCC(NS(=O)(=O)c2ccc(C)cc2N)CC1. The molecule has 0 radical (unpaired) electrons. The van der Waals surface area contributed by atoms with Gasteiger partial charge in [0.15, 0.2) is 0 Å². The molecule has 1 fully saturated rings. The van der Waals surface area contributed by atoms with Crippen molar-refractivity contribution in [2.24, 2.45) is 5.92 Å². The second-order valence-electron chi connectivity index (χ2n) is 5.79. The Labute approximate surface area is 121 Å². The highest BCUT2D eigenvalue weighted by molar-refractivity contribution is 7.89. The third kappa shape index (κ3) is 3.52. The van der Waals surface area contributed by atoms with Crippen molar-refractivity contribution in [2.75, 3.05) is 5.73 Å². The number of benzene rings is 1. The van der Waals surface area contributed by atoms with Gasteiger partial charge in [-0.25, -0.2) is 13.1 Å². The molecule has 0 spiro atoms. The molecule has 0 bridgehead atoms. The fourth-order valence-electron chi connectivity index (χ4n) is 2.88. The molecule has 0 aromatic heterocycles. The van der Waals surface area contributed by atoms with Crippen LogP contribution in [0, 0.1) is 12.8 Å². The van der Waals surface area contributed by atoms with Crippen molar-refractivity contribution in [3.8, 4) is 0 Å². The van der Waals surface area contributed by atoms with Crippen LogP contribution in [-0.4, -0.2) is 14.5 Å². The fourth-order valence-corrected chi connectivity index (χ4v) is 4.30. The van der Waals surface area contributed by atoms with E-state index < -0.39 is 10.0 Å². The number of nitrogens with two attached hydrogens (primary N) is 1. The first-order valence-electron chi connectivity index (χ1n) is 7.31. The van der Waals surface area contributed by atoms with Gasteiger partial charge in [0.05, 0.1) is 5.69 Å². The molecule has 20 heavy (non-hydrogen) atoms. The second kappa shape index (κ2) is 6.14. The molecular weight excluding hydrogens is 272 g/mol. The molecule has 1 saturated carbocycles. The maximum atomic E-state index is 12.4. The van der Waals surface area contributed by atoms with E-state index in [1.807, 2.05) is 6.92 Å². The molecule has 4 nitrogen and oxygen atoms in total. The normalized spacial score (nSPS) is 23.7. The Kier molecular flexibility index (Phi) is 4.70.